The van der Waals surface area contributed by atoms with Crippen molar-refractivity contribution in [3.8, 4) is 0 Å². The van der Waals surface area contributed by atoms with Gasteiger partial charge in [0.25, 0.3) is 6.29 Å². The minimum absolute atomic E-state index is 0.0486. The zero-order valence-corrected chi connectivity index (χ0v) is 5.03. The van der Waals surface area contributed by atoms with Gasteiger partial charge in [0.05, 0.1) is 5.25 Å². The number of hydrogen-bond acceptors (Lipinski definition) is 3. The van der Waals surface area contributed by atoms with Crippen LogP contribution in [0.15, 0.2) is 0 Å². The molecule has 1 aliphatic heterocycles. The molecule has 1 radical (unpaired) electrons. The highest BCUT2D eigenvalue weighted by molar-refractivity contribution is 8.02. The van der Waals surface area contributed by atoms with Gasteiger partial charge in [0.2, 0.25) is 5.78 Å². The standard InChI is InChI=1S/C5H5O2S/c6-3-4(7)5-1-2-8-5/h5H,1-2H2/t5-/m0/s1. The van der Waals surface area contributed by atoms with Crippen molar-refractivity contribution in [3.63, 3.8) is 0 Å². The molecule has 1 fully saturated rings. The van der Waals surface area contributed by atoms with E-state index in [1.54, 1.807) is 0 Å². The molecule has 1 atom stereocenters. The fraction of sp³-hybridized carbons (Fsp3) is 0.600. The molecule has 1 aliphatic rings. The molecule has 1 saturated heterocycles. The van der Waals surface area contributed by atoms with Crippen LogP contribution in [0.4, 0.5) is 0 Å². The molecule has 0 aromatic carbocycles. The second kappa shape index (κ2) is 2.31. The van der Waals surface area contributed by atoms with Gasteiger partial charge >= 0.3 is 0 Å². The zero-order valence-electron chi connectivity index (χ0n) is 4.22. The lowest BCUT2D eigenvalue weighted by Gasteiger charge is -2.19. The van der Waals surface area contributed by atoms with E-state index in [9.17, 15) is 9.59 Å². The van der Waals surface area contributed by atoms with Crippen molar-refractivity contribution in [2.45, 2.75) is 11.7 Å². The number of carbonyl (C=O) groups is 1. The Kier molecular flexibility index (Phi) is 1.68. The molecule has 43 valence electrons. The highest BCUT2D eigenvalue weighted by atomic mass is 32.2. The second-order valence-electron chi connectivity index (χ2n) is 1.61. The van der Waals surface area contributed by atoms with Crippen molar-refractivity contribution >= 4 is 23.8 Å². The number of ketones is 1. The lowest BCUT2D eigenvalue weighted by Crippen LogP contribution is -2.26. The van der Waals surface area contributed by atoms with Gasteiger partial charge < -0.3 is 0 Å². The Hall–Kier alpha value is -0.310. The first-order valence-corrected chi connectivity index (χ1v) is 3.43. The third-order valence-electron chi connectivity index (χ3n) is 1.09. The smallest absolute Gasteiger partial charge is 0.273 e. The summed E-state index contributed by atoms with van der Waals surface area (Å²) in [6.45, 7) is 0. The van der Waals surface area contributed by atoms with E-state index in [4.69, 9.17) is 0 Å². The van der Waals surface area contributed by atoms with Crippen LogP contribution in [0.1, 0.15) is 6.42 Å². The Morgan fingerprint density at radius 3 is 2.50 bits per heavy atom. The molecule has 0 aromatic rings. The minimum atomic E-state index is -0.374. The number of thioether (sulfide) groups is 1. The normalized spacial score (nSPS) is 26.2. The van der Waals surface area contributed by atoms with E-state index in [0.29, 0.717) is 0 Å². The van der Waals surface area contributed by atoms with E-state index < -0.39 is 0 Å². The highest BCUT2D eigenvalue weighted by Gasteiger charge is 2.25. The SMILES string of the molecule is O=[C]C(=O)[C@@H]1CCS1. The van der Waals surface area contributed by atoms with Crippen LogP contribution in [0.3, 0.4) is 0 Å². The predicted molar refractivity (Wildman–Crippen MR) is 31.6 cm³/mol. The number of hydrogen-bond donors (Lipinski definition) is 0. The number of rotatable bonds is 2. The molecule has 2 nitrogen and oxygen atoms in total. The van der Waals surface area contributed by atoms with Crippen molar-refractivity contribution in [2.24, 2.45) is 0 Å². The fourth-order valence-electron chi connectivity index (χ4n) is 0.508. The van der Waals surface area contributed by atoms with Gasteiger partial charge in [-0.2, -0.15) is 11.8 Å². The van der Waals surface area contributed by atoms with E-state index in [1.165, 1.54) is 18.0 Å². The molecule has 0 aliphatic carbocycles. The summed E-state index contributed by atoms with van der Waals surface area (Å²) >= 11 is 1.53. The Labute approximate surface area is 51.6 Å². The first-order chi connectivity index (χ1) is 3.84. The molecule has 8 heavy (non-hydrogen) atoms. The Morgan fingerprint density at radius 2 is 2.38 bits per heavy atom. The highest BCUT2D eigenvalue weighted by Crippen LogP contribution is 2.27. The molecule has 3 heteroatoms. The van der Waals surface area contributed by atoms with E-state index in [0.717, 1.165) is 12.2 Å². The molecule has 0 amide bonds. The van der Waals surface area contributed by atoms with Gasteiger partial charge in [-0.1, -0.05) is 0 Å². The van der Waals surface area contributed by atoms with Crippen LogP contribution in [0.5, 0.6) is 0 Å². The Bertz CT molecular complexity index is 118. The molecular weight excluding hydrogens is 124 g/mol. The van der Waals surface area contributed by atoms with Crippen LogP contribution in [0.25, 0.3) is 0 Å². The summed E-state index contributed by atoms with van der Waals surface area (Å²) in [6, 6.07) is 0. The van der Waals surface area contributed by atoms with Gasteiger partial charge in [0.1, 0.15) is 0 Å². The average molecular weight is 129 g/mol. The molecular formula is C5H5O2S. The van der Waals surface area contributed by atoms with E-state index >= 15 is 0 Å². The maximum Gasteiger partial charge on any atom is 0.273 e. The summed E-state index contributed by atoms with van der Waals surface area (Å²) in [5.41, 5.74) is 0. The maximum absolute atomic E-state index is 10.3. The Balaban J connectivity index is 2.34. The third-order valence-corrected chi connectivity index (χ3v) is 2.42. The van der Waals surface area contributed by atoms with Crippen LogP contribution in [-0.2, 0) is 9.59 Å². The largest absolute Gasteiger partial charge is 0.289 e. The van der Waals surface area contributed by atoms with Gasteiger partial charge in [-0.25, -0.2) is 0 Å². The molecule has 0 aromatic heterocycles. The molecule has 0 spiro atoms. The molecule has 1 rings (SSSR count). The van der Waals surface area contributed by atoms with Crippen molar-refractivity contribution in [1.82, 2.24) is 0 Å². The lowest BCUT2D eigenvalue weighted by molar-refractivity contribution is -0.112. The van der Waals surface area contributed by atoms with Crippen molar-refractivity contribution in [2.75, 3.05) is 5.75 Å². The fourth-order valence-corrected chi connectivity index (χ4v) is 1.18. The van der Waals surface area contributed by atoms with Gasteiger partial charge in [-0.05, 0) is 12.2 Å². The summed E-state index contributed by atoms with van der Waals surface area (Å²) < 4.78 is 0. The van der Waals surface area contributed by atoms with Crippen LogP contribution >= 0.6 is 11.8 Å². The second-order valence-corrected chi connectivity index (χ2v) is 2.93. The molecule has 0 N–H and O–H groups in total. The topological polar surface area (TPSA) is 34.1 Å². The first kappa shape index (κ1) is 5.82. The average Bonchev–Trinajstić information content (AvgIpc) is 1.62. The van der Waals surface area contributed by atoms with Gasteiger partial charge in [0, 0.05) is 0 Å². The summed E-state index contributed by atoms with van der Waals surface area (Å²) in [7, 11) is 0. The van der Waals surface area contributed by atoms with Crippen molar-refractivity contribution in [3.05, 3.63) is 0 Å². The van der Waals surface area contributed by atoms with Crippen LogP contribution < -0.4 is 0 Å². The quantitative estimate of drug-likeness (QED) is 0.498. The van der Waals surface area contributed by atoms with E-state index in [1.807, 2.05) is 0 Å². The zero-order chi connectivity index (χ0) is 5.98. The summed E-state index contributed by atoms with van der Waals surface area (Å²) in [4.78, 5) is 20.0. The Morgan fingerprint density at radius 1 is 1.75 bits per heavy atom. The lowest BCUT2D eigenvalue weighted by atomic mass is 10.2. The van der Waals surface area contributed by atoms with E-state index in [2.05, 4.69) is 0 Å². The van der Waals surface area contributed by atoms with Crippen LogP contribution in [0, 0.1) is 0 Å². The molecule has 0 bridgehead atoms. The predicted octanol–water partition coefficient (Wildman–Crippen LogP) is 0.171. The minimum Gasteiger partial charge on any atom is -0.289 e. The van der Waals surface area contributed by atoms with Gasteiger partial charge in [0.15, 0.2) is 0 Å². The molecule has 1 heterocycles. The number of Topliss-reactive ketones (excluding diaryl/α,β-unsaturated/α-hetero) is 1. The van der Waals surface area contributed by atoms with Gasteiger partial charge in [-0.3, -0.25) is 9.59 Å². The van der Waals surface area contributed by atoms with Crippen LogP contribution in [-0.4, -0.2) is 23.1 Å². The molecule has 0 saturated carbocycles. The molecule has 0 unspecified atom stereocenters. The summed E-state index contributed by atoms with van der Waals surface area (Å²) in [5, 5.41) is -0.0486. The van der Waals surface area contributed by atoms with E-state index in [-0.39, 0.29) is 11.0 Å². The number of carbonyl (C=O) groups excluding carboxylic acids is 2. The summed E-state index contributed by atoms with van der Waals surface area (Å²) in [5.74, 6) is 0.638. The van der Waals surface area contributed by atoms with Crippen molar-refractivity contribution in [1.29, 1.82) is 0 Å². The van der Waals surface area contributed by atoms with Crippen LogP contribution in [0.2, 0.25) is 0 Å². The van der Waals surface area contributed by atoms with Crippen molar-refractivity contribution < 1.29 is 9.59 Å². The first-order valence-electron chi connectivity index (χ1n) is 2.38. The monoisotopic (exact) mass is 129 g/mol. The summed E-state index contributed by atoms with van der Waals surface area (Å²) in [6.07, 6.45) is 2.22. The van der Waals surface area contributed by atoms with Gasteiger partial charge in [-0.15, -0.1) is 0 Å². The third kappa shape index (κ3) is 0.916. The maximum atomic E-state index is 10.3.